The van der Waals surface area contributed by atoms with E-state index in [4.69, 9.17) is 10.8 Å². The van der Waals surface area contributed by atoms with E-state index in [1.165, 1.54) is 12.1 Å². The number of sulfone groups is 1. The molecule has 5 nitrogen and oxygen atoms in total. The topological polar surface area (TPSA) is 97.5 Å². The number of nitrogens with two attached hydrogens (primary N) is 1. The predicted molar refractivity (Wildman–Crippen MR) is 67.1 cm³/mol. The molecule has 6 heteroatoms. The zero-order valence-electron chi connectivity index (χ0n) is 9.74. The van der Waals surface area contributed by atoms with Gasteiger partial charge in [-0.2, -0.15) is 0 Å². The second-order valence-electron chi connectivity index (χ2n) is 4.62. The van der Waals surface area contributed by atoms with Crippen molar-refractivity contribution in [3.05, 3.63) is 35.4 Å². The van der Waals surface area contributed by atoms with Crippen LogP contribution in [0.25, 0.3) is 0 Å². The molecule has 18 heavy (non-hydrogen) atoms. The molecule has 0 aliphatic carbocycles. The molecule has 0 spiro atoms. The third-order valence-corrected chi connectivity index (χ3v) is 5.09. The molecule has 0 aromatic heterocycles. The van der Waals surface area contributed by atoms with Crippen LogP contribution in [0.4, 0.5) is 0 Å². The number of carboxylic acids is 1. The quantitative estimate of drug-likeness (QED) is 0.846. The van der Waals surface area contributed by atoms with E-state index in [0.717, 1.165) is 0 Å². The maximum atomic E-state index is 11.4. The average Bonchev–Trinajstić information content (AvgIpc) is 2.69. The van der Waals surface area contributed by atoms with Gasteiger partial charge in [0.2, 0.25) is 0 Å². The summed E-state index contributed by atoms with van der Waals surface area (Å²) in [6.45, 7) is 0. The molecule has 1 aromatic rings. The van der Waals surface area contributed by atoms with E-state index in [9.17, 15) is 13.2 Å². The summed E-state index contributed by atoms with van der Waals surface area (Å²) >= 11 is 0. The summed E-state index contributed by atoms with van der Waals surface area (Å²) in [5.74, 6) is -0.878. The number of benzene rings is 1. The number of hydrogen-bond acceptors (Lipinski definition) is 4. The monoisotopic (exact) mass is 269 g/mol. The fraction of sp³-hybridized carbons (Fsp3) is 0.417. The lowest BCUT2D eigenvalue weighted by Gasteiger charge is -2.18. The molecule has 0 saturated carbocycles. The average molecular weight is 269 g/mol. The van der Waals surface area contributed by atoms with Crippen LogP contribution in [-0.4, -0.2) is 31.0 Å². The fourth-order valence-electron chi connectivity index (χ4n) is 2.26. The summed E-state index contributed by atoms with van der Waals surface area (Å²) in [7, 11) is -2.97. The third-order valence-electron chi connectivity index (χ3n) is 3.29. The van der Waals surface area contributed by atoms with Gasteiger partial charge in [0, 0.05) is 6.04 Å². The van der Waals surface area contributed by atoms with E-state index in [-0.39, 0.29) is 23.0 Å². The highest BCUT2D eigenvalue weighted by Crippen LogP contribution is 2.29. The predicted octanol–water partition coefficient (Wildman–Crippen LogP) is 0.819. The molecule has 1 aliphatic heterocycles. The Morgan fingerprint density at radius 3 is 2.72 bits per heavy atom. The van der Waals surface area contributed by atoms with Gasteiger partial charge in [0.25, 0.3) is 0 Å². The summed E-state index contributed by atoms with van der Waals surface area (Å²) in [4.78, 5) is 10.9. The van der Waals surface area contributed by atoms with Crippen molar-refractivity contribution in [2.75, 3.05) is 11.5 Å². The van der Waals surface area contributed by atoms with Crippen LogP contribution in [0.3, 0.4) is 0 Å². The van der Waals surface area contributed by atoms with Crippen molar-refractivity contribution in [2.45, 2.75) is 12.5 Å². The summed E-state index contributed by atoms with van der Waals surface area (Å²) in [5, 5.41) is 8.90. The fourth-order valence-corrected chi connectivity index (χ4v) is 4.11. The van der Waals surface area contributed by atoms with Gasteiger partial charge in [0.15, 0.2) is 9.84 Å². The standard InChI is InChI=1S/C12H15NO4S/c13-11(10-4-5-18(16,17)7-10)8-2-1-3-9(6-8)12(14)15/h1-3,6,10-11H,4-5,7,13H2,(H,14,15). The van der Waals surface area contributed by atoms with Crippen molar-refractivity contribution in [1.82, 2.24) is 0 Å². The van der Waals surface area contributed by atoms with Gasteiger partial charge >= 0.3 is 5.97 Å². The van der Waals surface area contributed by atoms with Crippen molar-refractivity contribution in [2.24, 2.45) is 11.7 Å². The van der Waals surface area contributed by atoms with Crippen LogP contribution in [0.5, 0.6) is 0 Å². The Labute approximate surface area is 106 Å². The molecule has 1 saturated heterocycles. The molecule has 2 unspecified atom stereocenters. The first-order valence-electron chi connectivity index (χ1n) is 5.68. The zero-order chi connectivity index (χ0) is 13.3. The van der Waals surface area contributed by atoms with Crippen molar-refractivity contribution in [3.63, 3.8) is 0 Å². The van der Waals surface area contributed by atoms with Gasteiger partial charge in [0.05, 0.1) is 17.1 Å². The Hall–Kier alpha value is -1.40. The highest BCUT2D eigenvalue weighted by atomic mass is 32.2. The van der Waals surface area contributed by atoms with E-state index in [0.29, 0.717) is 12.0 Å². The molecule has 1 fully saturated rings. The smallest absolute Gasteiger partial charge is 0.335 e. The lowest BCUT2D eigenvalue weighted by atomic mass is 9.92. The molecular formula is C12H15NO4S. The first-order chi connectivity index (χ1) is 8.39. The third kappa shape index (κ3) is 2.70. The van der Waals surface area contributed by atoms with Gasteiger partial charge in [-0.1, -0.05) is 12.1 Å². The molecule has 1 heterocycles. The van der Waals surface area contributed by atoms with Crippen LogP contribution in [-0.2, 0) is 9.84 Å². The van der Waals surface area contributed by atoms with Gasteiger partial charge in [0.1, 0.15) is 0 Å². The zero-order valence-corrected chi connectivity index (χ0v) is 10.6. The van der Waals surface area contributed by atoms with Crippen LogP contribution in [0.15, 0.2) is 24.3 Å². The van der Waals surface area contributed by atoms with E-state index in [2.05, 4.69) is 0 Å². The molecule has 2 atom stereocenters. The second-order valence-corrected chi connectivity index (χ2v) is 6.85. The number of hydrogen-bond donors (Lipinski definition) is 2. The maximum absolute atomic E-state index is 11.4. The Kier molecular flexibility index (Phi) is 3.41. The van der Waals surface area contributed by atoms with E-state index < -0.39 is 21.8 Å². The minimum Gasteiger partial charge on any atom is -0.478 e. The van der Waals surface area contributed by atoms with Crippen LogP contribution in [0, 0.1) is 5.92 Å². The summed E-state index contributed by atoms with van der Waals surface area (Å²) < 4.78 is 22.8. The lowest BCUT2D eigenvalue weighted by Crippen LogP contribution is -2.22. The van der Waals surface area contributed by atoms with Crippen LogP contribution in [0.1, 0.15) is 28.4 Å². The molecule has 0 radical (unpaired) electrons. The maximum Gasteiger partial charge on any atom is 0.335 e. The Bertz CT molecular complexity index is 567. The van der Waals surface area contributed by atoms with Crippen molar-refractivity contribution in [1.29, 1.82) is 0 Å². The number of aromatic carboxylic acids is 1. The number of carboxylic acid groups (broad SMARTS) is 1. The van der Waals surface area contributed by atoms with E-state index in [1.807, 2.05) is 0 Å². The first kappa shape index (κ1) is 13.0. The highest BCUT2D eigenvalue weighted by molar-refractivity contribution is 7.91. The van der Waals surface area contributed by atoms with Crippen LogP contribution < -0.4 is 5.73 Å². The molecule has 0 amide bonds. The minimum atomic E-state index is -2.97. The number of carbonyl (C=O) groups is 1. The largest absolute Gasteiger partial charge is 0.478 e. The molecule has 0 bridgehead atoms. The molecule has 3 N–H and O–H groups in total. The summed E-state index contributed by atoms with van der Waals surface area (Å²) in [6, 6.07) is 5.94. The van der Waals surface area contributed by atoms with Gasteiger partial charge in [-0.05, 0) is 30.0 Å². The van der Waals surface area contributed by atoms with E-state index in [1.54, 1.807) is 12.1 Å². The molecule has 2 rings (SSSR count). The molecular weight excluding hydrogens is 254 g/mol. The van der Waals surface area contributed by atoms with Crippen LogP contribution in [0.2, 0.25) is 0 Å². The van der Waals surface area contributed by atoms with Gasteiger partial charge < -0.3 is 10.8 Å². The Balaban J connectivity index is 2.21. The molecule has 1 aromatic carbocycles. The SMILES string of the molecule is NC(c1cccc(C(=O)O)c1)C1CCS(=O)(=O)C1. The van der Waals surface area contributed by atoms with Gasteiger partial charge in [-0.3, -0.25) is 0 Å². The van der Waals surface area contributed by atoms with Gasteiger partial charge in [-0.25, -0.2) is 13.2 Å². The minimum absolute atomic E-state index is 0.0888. The first-order valence-corrected chi connectivity index (χ1v) is 7.50. The highest BCUT2D eigenvalue weighted by Gasteiger charge is 2.32. The molecule has 98 valence electrons. The molecule has 1 aliphatic rings. The normalized spacial score (nSPS) is 23.7. The second kappa shape index (κ2) is 4.70. The number of rotatable bonds is 3. The Morgan fingerprint density at radius 2 is 2.17 bits per heavy atom. The van der Waals surface area contributed by atoms with E-state index >= 15 is 0 Å². The van der Waals surface area contributed by atoms with Crippen molar-refractivity contribution in [3.8, 4) is 0 Å². The van der Waals surface area contributed by atoms with Crippen molar-refractivity contribution >= 4 is 15.8 Å². The Morgan fingerprint density at radius 1 is 1.44 bits per heavy atom. The van der Waals surface area contributed by atoms with Gasteiger partial charge in [-0.15, -0.1) is 0 Å². The van der Waals surface area contributed by atoms with Crippen molar-refractivity contribution < 1.29 is 18.3 Å². The van der Waals surface area contributed by atoms with Crippen LogP contribution >= 0.6 is 0 Å². The lowest BCUT2D eigenvalue weighted by molar-refractivity contribution is 0.0696. The summed E-state index contributed by atoms with van der Waals surface area (Å²) in [5.41, 5.74) is 6.88. The summed E-state index contributed by atoms with van der Waals surface area (Å²) in [6.07, 6.45) is 0.542.